The van der Waals surface area contributed by atoms with Crippen molar-refractivity contribution in [1.29, 1.82) is 0 Å². The number of Topliss-reactive ketones (excluding diaryl/α,β-unsaturated/α-hetero) is 1. The first-order valence-electron chi connectivity index (χ1n) is 6.23. The van der Waals surface area contributed by atoms with E-state index in [0.717, 1.165) is 19.3 Å². The number of benzene rings is 1. The summed E-state index contributed by atoms with van der Waals surface area (Å²) in [5.74, 6) is 0.00943. The smallest absolute Gasteiger partial charge is 0.178 e. The van der Waals surface area contributed by atoms with Crippen LogP contribution in [0.3, 0.4) is 0 Å². The van der Waals surface area contributed by atoms with Gasteiger partial charge < -0.3 is 0 Å². The normalized spacial score (nSPS) is 14.2. The van der Waals surface area contributed by atoms with Crippen LogP contribution in [-0.2, 0) is 10.8 Å². The summed E-state index contributed by atoms with van der Waals surface area (Å²) in [4.78, 5) is 12.0. The molecule has 0 spiro atoms. The molecule has 2 atom stereocenters. The average Bonchev–Trinajstić information content (AvgIpc) is 2.38. The van der Waals surface area contributed by atoms with Gasteiger partial charge in [-0.2, -0.15) is 0 Å². The maximum atomic E-state index is 12.7. The Labute approximate surface area is 110 Å². The summed E-state index contributed by atoms with van der Waals surface area (Å²) in [5.41, 5.74) is 0.424. The molecule has 2 unspecified atom stereocenters. The molecule has 0 radical (unpaired) electrons. The van der Waals surface area contributed by atoms with E-state index in [1.807, 2.05) is 0 Å². The summed E-state index contributed by atoms with van der Waals surface area (Å²) in [5, 5.41) is -0.521. The molecular weight excluding hydrogens is 251 g/mol. The molecule has 0 saturated heterocycles. The number of carbonyl (C=O) groups is 1. The van der Waals surface area contributed by atoms with Crippen molar-refractivity contribution in [1.82, 2.24) is 0 Å². The van der Waals surface area contributed by atoms with E-state index in [1.165, 1.54) is 24.3 Å². The largest absolute Gasteiger partial charge is 0.293 e. The summed E-state index contributed by atoms with van der Waals surface area (Å²) in [6, 6.07) is 5.38. The first kappa shape index (κ1) is 15.0. The molecule has 0 heterocycles. The summed E-state index contributed by atoms with van der Waals surface area (Å²) in [6.45, 7) is 3.75. The van der Waals surface area contributed by atoms with Crippen molar-refractivity contribution in [3.8, 4) is 0 Å². The highest BCUT2D eigenvalue weighted by Crippen LogP contribution is 2.11. The second-order valence-electron chi connectivity index (χ2n) is 4.31. The van der Waals surface area contributed by atoms with Gasteiger partial charge in [0.2, 0.25) is 0 Å². The highest BCUT2D eigenvalue weighted by Gasteiger charge is 2.20. The minimum absolute atomic E-state index is 0.176. The monoisotopic (exact) mass is 270 g/mol. The van der Waals surface area contributed by atoms with Gasteiger partial charge in [-0.3, -0.25) is 9.00 Å². The van der Waals surface area contributed by atoms with Gasteiger partial charge in [-0.25, -0.2) is 4.39 Å². The van der Waals surface area contributed by atoms with Crippen LogP contribution in [0.2, 0.25) is 0 Å². The van der Waals surface area contributed by atoms with E-state index in [-0.39, 0.29) is 11.6 Å². The Morgan fingerprint density at radius 3 is 2.44 bits per heavy atom. The first-order valence-corrected chi connectivity index (χ1v) is 7.61. The van der Waals surface area contributed by atoms with Crippen LogP contribution < -0.4 is 0 Å². The number of hydrogen-bond acceptors (Lipinski definition) is 2. The fourth-order valence-corrected chi connectivity index (χ4v) is 2.86. The molecule has 0 bridgehead atoms. The fourth-order valence-electron chi connectivity index (χ4n) is 1.64. The molecule has 1 aromatic carbocycles. The fraction of sp³-hybridized carbons (Fsp3) is 0.500. The highest BCUT2D eigenvalue weighted by atomic mass is 32.2. The van der Waals surface area contributed by atoms with E-state index in [4.69, 9.17) is 0 Å². The van der Waals surface area contributed by atoms with E-state index in [0.29, 0.717) is 11.3 Å². The van der Waals surface area contributed by atoms with Crippen LogP contribution in [0.15, 0.2) is 24.3 Å². The second kappa shape index (κ2) is 7.41. The van der Waals surface area contributed by atoms with Gasteiger partial charge in [0.1, 0.15) is 5.82 Å². The number of ketones is 1. The van der Waals surface area contributed by atoms with E-state index in [1.54, 1.807) is 6.92 Å². The van der Waals surface area contributed by atoms with Crippen molar-refractivity contribution in [2.45, 2.75) is 38.4 Å². The molecule has 0 aromatic heterocycles. The van der Waals surface area contributed by atoms with Gasteiger partial charge in [-0.05, 0) is 37.6 Å². The summed E-state index contributed by atoms with van der Waals surface area (Å²) in [6.07, 6.45) is 2.98. The van der Waals surface area contributed by atoms with Gasteiger partial charge in [0.05, 0.1) is 5.25 Å². The Balaban J connectivity index is 2.60. The molecule has 0 aliphatic heterocycles. The van der Waals surface area contributed by atoms with E-state index < -0.39 is 16.0 Å². The quantitative estimate of drug-likeness (QED) is 0.562. The molecule has 0 fully saturated rings. The number of hydrogen-bond donors (Lipinski definition) is 0. The number of halogens is 1. The Bertz CT molecular complexity index is 414. The lowest BCUT2D eigenvalue weighted by Crippen LogP contribution is -2.24. The van der Waals surface area contributed by atoms with Crippen molar-refractivity contribution in [2.75, 3.05) is 5.75 Å². The minimum atomic E-state index is -1.15. The molecular formula is C14H19FO2S. The predicted octanol–water partition coefficient (Wildman–Crippen LogP) is 3.34. The predicted molar refractivity (Wildman–Crippen MR) is 72.7 cm³/mol. The molecule has 0 N–H and O–H groups in total. The third kappa shape index (κ3) is 4.33. The van der Waals surface area contributed by atoms with Crippen LogP contribution in [0.25, 0.3) is 0 Å². The Morgan fingerprint density at radius 2 is 1.89 bits per heavy atom. The second-order valence-corrected chi connectivity index (χ2v) is 6.18. The molecule has 4 heteroatoms. The average molecular weight is 270 g/mol. The molecule has 1 aromatic rings. The Morgan fingerprint density at radius 1 is 1.28 bits per heavy atom. The van der Waals surface area contributed by atoms with Gasteiger partial charge in [0.25, 0.3) is 0 Å². The molecule has 18 heavy (non-hydrogen) atoms. The maximum Gasteiger partial charge on any atom is 0.178 e. The van der Waals surface area contributed by atoms with Crippen LogP contribution >= 0.6 is 0 Å². The first-order chi connectivity index (χ1) is 8.56. The van der Waals surface area contributed by atoms with Crippen LogP contribution in [0, 0.1) is 5.82 Å². The molecule has 100 valence electrons. The summed E-state index contributed by atoms with van der Waals surface area (Å²) >= 11 is 0. The van der Waals surface area contributed by atoms with Crippen molar-refractivity contribution >= 4 is 16.6 Å². The van der Waals surface area contributed by atoms with Gasteiger partial charge in [-0.1, -0.05) is 19.8 Å². The lowest BCUT2D eigenvalue weighted by Gasteiger charge is -2.10. The zero-order valence-electron chi connectivity index (χ0n) is 10.8. The number of carbonyl (C=O) groups excluding carboxylic acids is 1. The lowest BCUT2D eigenvalue weighted by molar-refractivity contribution is 0.0992. The van der Waals surface area contributed by atoms with Crippen molar-refractivity contribution in [2.24, 2.45) is 0 Å². The SMILES string of the molecule is CCCCCS(=O)C(C)C(=O)c1ccc(F)cc1. The van der Waals surface area contributed by atoms with Crippen LogP contribution in [-0.4, -0.2) is 21.0 Å². The molecule has 0 amide bonds. The van der Waals surface area contributed by atoms with Gasteiger partial charge in [0.15, 0.2) is 5.78 Å². The van der Waals surface area contributed by atoms with Gasteiger partial charge in [-0.15, -0.1) is 0 Å². The lowest BCUT2D eigenvalue weighted by atomic mass is 10.1. The molecule has 2 nitrogen and oxygen atoms in total. The topological polar surface area (TPSA) is 34.1 Å². The number of rotatable bonds is 7. The molecule has 0 aliphatic carbocycles. The Hall–Kier alpha value is -1.03. The molecule has 0 saturated carbocycles. The van der Waals surface area contributed by atoms with Crippen LogP contribution in [0.1, 0.15) is 43.5 Å². The van der Waals surface area contributed by atoms with Crippen LogP contribution in [0.5, 0.6) is 0 Å². The standard InChI is InChI=1S/C14H19FO2S/c1-3-4-5-10-18(17)11(2)14(16)12-6-8-13(15)9-7-12/h6-9,11H,3-5,10H2,1-2H3. The van der Waals surface area contributed by atoms with Crippen molar-refractivity contribution < 1.29 is 13.4 Å². The minimum Gasteiger partial charge on any atom is -0.293 e. The maximum absolute atomic E-state index is 12.7. The Kier molecular flexibility index (Phi) is 6.19. The zero-order chi connectivity index (χ0) is 13.5. The van der Waals surface area contributed by atoms with Gasteiger partial charge >= 0.3 is 0 Å². The van der Waals surface area contributed by atoms with E-state index in [2.05, 4.69) is 6.92 Å². The molecule has 1 rings (SSSR count). The third-order valence-corrected chi connectivity index (χ3v) is 4.54. The van der Waals surface area contributed by atoms with Crippen molar-refractivity contribution in [3.05, 3.63) is 35.6 Å². The van der Waals surface area contributed by atoms with Gasteiger partial charge in [0, 0.05) is 22.1 Å². The van der Waals surface area contributed by atoms with E-state index in [9.17, 15) is 13.4 Å². The van der Waals surface area contributed by atoms with Crippen molar-refractivity contribution in [3.63, 3.8) is 0 Å². The molecule has 0 aliphatic rings. The zero-order valence-corrected chi connectivity index (χ0v) is 11.6. The summed E-state index contributed by atoms with van der Waals surface area (Å²) < 4.78 is 24.7. The van der Waals surface area contributed by atoms with Crippen LogP contribution in [0.4, 0.5) is 4.39 Å². The highest BCUT2D eigenvalue weighted by molar-refractivity contribution is 7.86. The number of unbranched alkanes of at least 4 members (excludes halogenated alkanes) is 2. The van der Waals surface area contributed by atoms with E-state index >= 15 is 0 Å². The summed E-state index contributed by atoms with van der Waals surface area (Å²) in [7, 11) is -1.15. The third-order valence-electron chi connectivity index (χ3n) is 2.84.